The van der Waals surface area contributed by atoms with Crippen molar-refractivity contribution in [1.29, 1.82) is 0 Å². The first-order valence-corrected chi connectivity index (χ1v) is 9.39. The maximum Gasteiger partial charge on any atom is 0.262 e. The standard InChI is InChI=1S/C22H18N4O6/c1-31-15-8-7-11(9-16(15)32-2)24-20(28)12-5-3-4-6-14(12)26-17(27)10-13-18(19(26)23)22(30)25-21(13)29/h3-10H,23H2,1-2H3,(H,24,28)(H,25,29,30). The van der Waals surface area contributed by atoms with Crippen LogP contribution in [0.3, 0.4) is 0 Å². The van der Waals surface area contributed by atoms with Gasteiger partial charge in [0, 0.05) is 17.8 Å². The molecule has 4 N–H and O–H groups in total. The number of amides is 3. The Labute approximate surface area is 181 Å². The number of hydrogen-bond acceptors (Lipinski definition) is 7. The molecule has 0 saturated carbocycles. The van der Waals surface area contributed by atoms with Crippen LogP contribution >= 0.6 is 0 Å². The summed E-state index contributed by atoms with van der Waals surface area (Å²) in [6.45, 7) is 0. The zero-order valence-electron chi connectivity index (χ0n) is 17.1. The average Bonchev–Trinajstić information content (AvgIpc) is 3.07. The first-order valence-electron chi connectivity index (χ1n) is 9.39. The van der Waals surface area contributed by atoms with Crippen molar-refractivity contribution in [3.8, 4) is 17.2 Å². The van der Waals surface area contributed by atoms with Crippen LogP contribution in [-0.2, 0) is 0 Å². The summed E-state index contributed by atoms with van der Waals surface area (Å²) in [6, 6.07) is 12.1. The molecule has 10 nitrogen and oxygen atoms in total. The van der Waals surface area contributed by atoms with E-state index < -0.39 is 23.3 Å². The molecule has 1 aliphatic heterocycles. The Hall–Kier alpha value is -4.60. The zero-order valence-corrected chi connectivity index (χ0v) is 17.1. The van der Waals surface area contributed by atoms with Crippen molar-refractivity contribution in [3.05, 3.63) is 75.6 Å². The SMILES string of the molecule is COc1ccc(NC(=O)c2ccccc2-n2c(N)c3c(cc2=O)C(=O)NC3=O)cc1OC. The Morgan fingerprint density at radius 1 is 0.969 bits per heavy atom. The molecule has 2 heterocycles. The highest BCUT2D eigenvalue weighted by molar-refractivity contribution is 6.23. The van der Waals surface area contributed by atoms with Gasteiger partial charge >= 0.3 is 0 Å². The number of carbonyl (C=O) groups is 3. The van der Waals surface area contributed by atoms with E-state index in [1.165, 1.54) is 26.4 Å². The van der Waals surface area contributed by atoms with Gasteiger partial charge in [0.1, 0.15) is 5.82 Å². The molecule has 3 amide bonds. The Kier molecular flexibility index (Phi) is 5.11. The van der Waals surface area contributed by atoms with Crippen LogP contribution in [0.5, 0.6) is 11.5 Å². The van der Waals surface area contributed by atoms with E-state index in [2.05, 4.69) is 10.6 Å². The number of aromatic nitrogens is 1. The molecule has 3 aromatic rings. The van der Waals surface area contributed by atoms with Crippen molar-refractivity contribution < 1.29 is 23.9 Å². The number of para-hydroxylation sites is 1. The van der Waals surface area contributed by atoms with Crippen LogP contribution in [0.25, 0.3) is 5.69 Å². The summed E-state index contributed by atoms with van der Waals surface area (Å²) in [7, 11) is 2.97. The molecule has 4 rings (SSSR count). The molecule has 32 heavy (non-hydrogen) atoms. The summed E-state index contributed by atoms with van der Waals surface area (Å²) in [5.41, 5.74) is 5.95. The molecule has 0 bridgehead atoms. The maximum absolute atomic E-state index is 13.1. The summed E-state index contributed by atoms with van der Waals surface area (Å²) < 4.78 is 11.5. The number of imide groups is 1. The lowest BCUT2D eigenvalue weighted by Crippen LogP contribution is -2.26. The summed E-state index contributed by atoms with van der Waals surface area (Å²) >= 11 is 0. The Balaban J connectivity index is 1.78. The van der Waals surface area contributed by atoms with E-state index >= 15 is 0 Å². The van der Waals surface area contributed by atoms with Crippen LogP contribution in [0.4, 0.5) is 11.5 Å². The van der Waals surface area contributed by atoms with Crippen LogP contribution in [0.2, 0.25) is 0 Å². The maximum atomic E-state index is 13.1. The lowest BCUT2D eigenvalue weighted by atomic mass is 10.1. The molecule has 0 radical (unpaired) electrons. The quantitative estimate of drug-likeness (QED) is 0.518. The third-order valence-electron chi connectivity index (χ3n) is 4.98. The molecule has 0 atom stereocenters. The molecule has 10 heteroatoms. The lowest BCUT2D eigenvalue weighted by molar-refractivity contribution is 0.0879. The monoisotopic (exact) mass is 434 g/mol. The summed E-state index contributed by atoms with van der Waals surface area (Å²) in [5, 5.41) is 4.85. The van der Waals surface area contributed by atoms with E-state index in [1.54, 1.807) is 30.3 Å². The van der Waals surface area contributed by atoms with Gasteiger partial charge in [-0.2, -0.15) is 0 Å². The molecule has 1 aliphatic rings. The Morgan fingerprint density at radius 2 is 1.69 bits per heavy atom. The highest BCUT2D eigenvalue weighted by atomic mass is 16.5. The summed E-state index contributed by atoms with van der Waals surface area (Å²) in [6.07, 6.45) is 0. The number of benzene rings is 2. The van der Waals surface area contributed by atoms with E-state index in [4.69, 9.17) is 15.2 Å². The van der Waals surface area contributed by atoms with Gasteiger partial charge in [-0.1, -0.05) is 12.1 Å². The number of anilines is 2. The van der Waals surface area contributed by atoms with Crippen molar-refractivity contribution >= 4 is 29.2 Å². The van der Waals surface area contributed by atoms with E-state index in [0.29, 0.717) is 17.2 Å². The van der Waals surface area contributed by atoms with Crippen molar-refractivity contribution in [1.82, 2.24) is 9.88 Å². The molecule has 0 aliphatic carbocycles. The fraction of sp³-hybridized carbons (Fsp3) is 0.0909. The third-order valence-corrected chi connectivity index (χ3v) is 4.98. The van der Waals surface area contributed by atoms with Crippen LogP contribution in [0, 0.1) is 0 Å². The fourth-order valence-corrected chi connectivity index (χ4v) is 3.50. The van der Waals surface area contributed by atoms with Gasteiger partial charge in [-0.15, -0.1) is 0 Å². The second kappa shape index (κ2) is 7.91. The van der Waals surface area contributed by atoms with Gasteiger partial charge in [0.25, 0.3) is 23.3 Å². The number of hydrogen-bond donors (Lipinski definition) is 3. The number of nitrogen functional groups attached to an aromatic ring is 1. The molecule has 0 spiro atoms. The van der Waals surface area contributed by atoms with Crippen molar-refractivity contribution in [3.63, 3.8) is 0 Å². The minimum absolute atomic E-state index is 0.0963. The third kappa shape index (κ3) is 3.33. The van der Waals surface area contributed by atoms with Crippen LogP contribution in [-0.4, -0.2) is 36.5 Å². The largest absolute Gasteiger partial charge is 0.493 e. The molecule has 0 saturated heterocycles. The predicted octanol–water partition coefficient (Wildman–Crippen LogP) is 1.57. The van der Waals surface area contributed by atoms with E-state index in [0.717, 1.165) is 10.6 Å². The Morgan fingerprint density at radius 3 is 2.41 bits per heavy atom. The number of ether oxygens (including phenoxy) is 2. The number of nitrogens with zero attached hydrogens (tertiary/aromatic N) is 1. The zero-order chi connectivity index (χ0) is 23.0. The van der Waals surface area contributed by atoms with Gasteiger partial charge in [-0.05, 0) is 24.3 Å². The molecular formula is C22H18N4O6. The van der Waals surface area contributed by atoms with Crippen molar-refractivity contribution in [2.75, 3.05) is 25.3 Å². The minimum atomic E-state index is -0.705. The van der Waals surface area contributed by atoms with Crippen molar-refractivity contribution in [2.45, 2.75) is 0 Å². The van der Waals surface area contributed by atoms with E-state index in [9.17, 15) is 19.2 Å². The number of fused-ring (bicyclic) bond motifs is 1. The second-order valence-corrected chi connectivity index (χ2v) is 6.82. The van der Waals surface area contributed by atoms with Crippen LogP contribution < -0.4 is 31.4 Å². The molecule has 2 aromatic carbocycles. The fourth-order valence-electron chi connectivity index (χ4n) is 3.50. The van der Waals surface area contributed by atoms with Gasteiger partial charge in [0.05, 0.1) is 36.6 Å². The smallest absolute Gasteiger partial charge is 0.262 e. The highest BCUT2D eigenvalue weighted by Crippen LogP contribution is 2.30. The van der Waals surface area contributed by atoms with Crippen LogP contribution in [0.15, 0.2) is 53.3 Å². The number of nitrogens with two attached hydrogens (primary N) is 1. The molecule has 162 valence electrons. The van der Waals surface area contributed by atoms with E-state index in [-0.39, 0.29) is 28.2 Å². The van der Waals surface area contributed by atoms with Gasteiger partial charge in [0.2, 0.25) is 0 Å². The van der Waals surface area contributed by atoms with Crippen molar-refractivity contribution in [2.24, 2.45) is 0 Å². The Bertz CT molecular complexity index is 1340. The normalized spacial score (nSPS) is 12.2. The topological polar surface area (TPSA) is 142 Å². The molecular weight excluding hydrogens is 416 g/mol. The van der Waals surface area contributed by atoms with Gasteiger partial charge in [0.15, 0.2) is 11.5 Å². The number of methoxy groups -OCH3 is 2. The highest BCUT2D eigenvalue weighted by Gasteiger charge is 2.32. The molecule has 0 unspecified atom stereocenters. The van der Waals surface area contributed by atoms with Gasteiger partial charge in [-0.3, -0.25) is 29.1 Å². The average molecular weight is 434 g/mol. The van der Waals surface area contributed by atoms with Crippen LogP contribution in [0.1, 0.15) is 31.1 Å². The predicted molar refractivity (Wildman–Crippen MR) is 116 cm³/mol. The summed E-state index contributed by atoms with van der Waals surface area (Å²) in [4.78, 5) is 49.9. The summed E-state index contributed by atoms with van der Waals surface area (Å²) in [5.74, 6) is -1.24. The number of nitrogens with one attached hydrogen (secondary N) is 2. The molecule has 1 aromatic heterocycles. The van der Waals surface area contributed by atoms with Gasteiger partial charge in [-0.25, -0.2) is 0 Å². The lowest BCUT2D eigenvalue weighted by Gasteiger charge is -2.16. The first kappa shape index (κ1) is 20.7. The minimum Gasteiger partial charge on any atom is -0.493 e. The number of pyridine rings is 1. The number of carbonyl (C=O) groups excluding carboxylic acids is 3. The van der Waals surface area contributed by atoms with Gasteiger partial charge < -0.3 is 20.5 Å². The first-order chi connectivity index (χ1) is 15.3. The number of rotatable bonds is 5. The molecule has 0 fully saturated rings. The second-order valence-electron chi connectivity index (χ2n) is 6.82. The van der Waals surface area contributed by atoms with E-state index in [1.807, 2.05) is 0 Å².